The largest absolute Gasteiger partial charge is 0.0739 e. The molecule has 0 saturated carbocycles. The van der Waals surface area contributed by atoms with Gasteiger partial charge in [-0.05, 0) is 22.3 Å². The maximum absolute atomic E-state index is 2.29. The van der Waals surface area contributed by atoms with Crippen LogP contribution in [0.1, 0.15) is 49.9 Å². The first-order valence-electron chi connectivity index (χ1n) is 9.96. The van der Waals surface area contributed by atoms with E-state index in [2.05, 4.69) is 137 Å². The molecule has 0 N–H and O–H groups in total. The van der Waals surface area contributed by atoms with E-state index in [1.54, 1.807) is 0 Å². The van der Waals surface area contributed by atoms with Crippen LogP contribution >= 0.6 is 0 Å². The van der Waals surface area contributed by atoms with Crippen LogP contribution in [0.4, 0.5) is 0 Å². The third-order valence-electron chi connectivity index (χ3n) is 5.36. The molecule has 0 aromatic heterocycles. The van der Waals surface area contributed by atoms with Crippen LogP contribution in [0.25, 0.3) is 12.2 Å². The number of allylic oxidation sites excluding steroid dienone is 2. The zero-order chi connectivity index (χ0) is 20.0. The molecule has 3 rings (SSSR count). The summed E-state index contributed by atoms with van der Waals surface area (Å²) in [6.45, 7) is 9.06. The Hall–Kier alpha value is -2.86. The van der Waals surface area contributed by atoms with Crippen molar-refractivity contribution in [2.75, 3.05) is 0 Å². The van der Waals surface area contributed by atoms with E-state index in [4.69, 9.17) is 0 Å². The second-order valence-electron chi connectivity index (χ2n) is 8.51. The predicted molar refractivity (Wildman–Crippen MR) is 123 cm³/mol. The molecule has 0 amide bonds. The minimum absolute atomic E-state index is 0.0155. The lowest BCUT2D eigenvalue weighted by atomic mass is 9.79. The molecular formula is C28H30. The van der Waals surface area contributed by atoms with Crippen molar-refractivity contribution >= 4 is 12.2 Å². The highest BCUT2D eigenvalue weighted by molar-refractivity contribution is 5.53. The zero-order valence-corrected chi connectivity index (χ0v) is 17.4. The summed E-state index contributed by atoms with van der Waals surface area (Å²) in [6.07, 6.45) is 9.00. The van der Waals surface area contributed by atoms with Crippen LogP contribution in [0, 0.1) is 0 Å². The Morgan fingerprint density at radius 1 is 0.464 bits per heavy atom. The van der Waals surface area contributed by atoms with Crippen molar-refractivity contribution in [3.8, 4) is 0 Å². The van der Waals surface area contributed by atoms with E-state index in [1.807, 2.05) is 0 Å². The van der Waals surface area contributed by atoms with Crippen LogP contribution in [0.2, 0.25) is 0 Å². The monoisotopic (exact) mass is 366 g/mol. The lowest BCUT2D eigenvalue weighted by molar-refractivity contribution is 0.657. The van der Waals surface area contributed by atoms with Crippen LogP contribution in [0.15, 0.2) is 97.1 Å². The van der Waals surface area contributed by atoms with E-state index in [1.165, 1.54) is 22.3 Å². The van der Waals surface area contributed by atoms with Crippen molar-refractivity contribution in [1.29, 1.82) is 0 Å². The van der Waals surface area contributed by atoms with Gasteiger partial charge in [-0.1, -0.05) is 137 Å². The minimum atomic E-state index is -0.0155. The predicted octanol–water partition coefficient (Wildman–Crippen LogP) is 7.67. The van der Waals surface area contributed by atoms with Gasteiger partial charge in [0.2, 0.25) is 0 Å². The van der Waals surface area contributed by atoms with E-state index < -0.39 is 0 Å². The van der Waals surface area contributed by atoms with E-state index in [9.17, 15) is 0 Å². The molecule has 0 aliphatic rings. The molecule has 0 unspecified atom stereocenters. The molecule has 0 bridgehead atoms. The summed E-state index contributed by atoms with van der Waals surface area (Å²) in [6, 6.07) is 30.0. The van der Waals surface area contributed by atoms with Crippen LogP contribution in [0.3, 0.4) is 0 Å². The SMILES string of the molecule is CC(C)(C=Cc1ccccc1)c1ccc(C(C)(C)C=Cc2ccccc2)cc1. The Bertz CT molecular complexity index is 844. The van der Waals surface area contributed by atoms with Gasteiger partial charge in [-0.2, -0.15) is 0 Å². The molecule has 0 heteroatoms. The van der Waals surface area contributed by atoms with E-state index in [0.29, 0.717) is 0 Å². The van der Waals surface area contributed by atoms with Crippen molar-refractivity contribution in [3.05, 3.63) is 119 Å². The first-order chi connectivity index (χ1) is 13.4. The Labute approximate surface area is 170 Å². The highest BCUT2D eigenvalue weighted by atomic mass is 14.2. The molecule has 0 radical (unpaired) electrons. The third-order valence-corrected chi connectivity index (χ3v) is 5.36. The molecular weight excluding hydrogens is 336 g/mol. The molecule has 0 atom stereocenters. The number of benzene rings is 3. The topological polar surface area (TPSA) is 0 Å². The Morgan fingerprint density at radius 3 is 1.11 bits per heavy atom. The van der Waals surface area contributed by atoms with Gasteiger partial charge in [0, 0.05) is 10.8 Å². The smallest absolute Gasteiger partial charge is 0.00786 e. The lowest BCUT2D eigenvalue weighted by Crippen LogP contribution is -2.16. The molecule has 0 nitrogen and oxygen atoms in total. The summed E-state index contributed by atoms with van der Waals surface area (Å²) < 4.78 is 0. The number of hydrogen-bond donors (Lipinski definition) is 0. The molecule has 28 heavy (non-hydrogen) atoms. The van der Waals surface area contributed by atoms with Gasteiger partial charge in [-0.15, -0.1) is 0 Å². The van der Waals surface area contributed by atoms with Gasteiger partial charge in [0.15, 0.2) is 0 Å². The molecule has 0 saturated heterocycles. The average Bonchev–Trinajstić information content (AvgIpc) is 2.73. The molecule has 0 spiro atoms. The van der Waals surface area contributed by atoms with Crippen LogP contribution in [0.5, 0.6) is 0 Å². The van der Waals surface area contributed by atoms with E-state index >= 15 is 0 Å². The van der Waals surface area contributed by atoms with Gasteiger partial charge < -0.3 is 0 Å². The van der Waals surface area contributed by atoms with Gasteiger partial charge in [0.1, 0.15) is 0 Å². The van der Waals surface area contributed by atoms with E-state index in [0.717, 1.165) is 0 Å². The van der Waals surface area contributed by atoms with Gasteiger partial charge in [-0.3, -0.25) is 0 Å². The fourth-order valence-electron chi connectivity index (χ4n) is 3.26. The second-order valence-corrected chi connectivity index (χ2v) is 8.51. The standard InChI is InChI=1S/C28H30/c1-27(2,21-19-23-11-7-5-8-12-23)25-15-17-26(18-16-25)28(3,4)22-20-24-13-9-6-10-14-24/h5-22H,1-4H3. The average molecular weight is 367 g/mol. The minimum Gasteiger partial charge on any atom is -0.0739 e. The van der Waals surface area contributed by atoms with Crippen LogP contribution in [-0.2, 0) is 10.8 Å². The summed E-state index contributed by atoms with van der Waals surface area (Å²) >= 11 is 0. The Balaban J connectivity index is 1.76. The lowest BCUT2D eigenvalue weighted by Gasteiger charge is -2.25. The summed E-state index contributed by atoms with van der Waals surface area (Å²) in [5.74, 6) is 0. The molecule has 3 aromatic rings. The highest BCUT2D eigenvalue weighted by Crippen LogP contribution is 2.30. The normalized spacial score (nSPS) is 12.7. The molecule has 0 aliphatic heterocycles. The van der Waals surface area contributed by atoms with Crippen molar-refractivity contribution in [1.82, 2.24) is 0 Å². The summed E-state index contributed by atoms with van der Waals surface area (Å²) in [4.78, 5) is 0. The fraction of sp³-hybridized carbons (Fsp3) is 0.214. The molecule has 0 aliphatic carbocycles. The zero-order valence-electron chi connectivity index (χ0n) is 17.4. The quantitative estimate of drug-likeness (QED) is 0.420. The first kappa shape index (κ1) is 19.9. The molecule has 0 fully saturated rings. The van der Waals surface area contributed by atoms with Crippen molar-refractivity contribution in [2.24, 2.45) is 0 Å². The Kier molecular flexibility index (Phi) is 5.99. The summed E-state index contributed by atoms with van der Waals surface area (Å²) in [5.41, 5.74) is 5.09. The summed E-state index contributed by atoms with van der Waals surface area (Å²) in [7, 11) is 0. The molecule has 142 valence electrons. The van der Waals surface area contributed by atoms with Crippen LogP contribution in [-0.4, -0.2) is 0 Å². The van der Waals surface area contributed by atoms with Crippen molar-refractivity contribution in [2.45, 2.75) is 38.5 Å². The first-order valence-corrected chi connectivity index (χ1v) is 9.96. The number of rotatable bonds is 6. The van der Waals surface area contributed by atoms with Crippen molar-refractivity contribution < 1.29 is 0 Å². The summed E-state index contributed by atoms with van der Waals surface area (Å²) in [5, 5.41) is 0. The molecule has 0 heterocycles. The maximum Gasteiger partial charge on any atom is 0.00786 e. The van der Waals surface area contributed by atoms with Gasteiger partial charge >= 0.3 is 0 Å². The van der Waals surface area contributed by atoms with Gasteiger partial charge in [-0.25, -0.2) is 0 Å². The maximum atomic E-state index is 2.29. The van der Waals surface area contributed by atoms with Gasteiger partial charge in [0.25, 0.3) is 0 Å². The second kappa shape index (κ2) is 8.44. The fourth-order valence-corrected chi connectivity index (χ4v) is 3.26. The molecule has 3 aromatic carbocycles. The van der Waals surface area contributed by atoms with Crippen LogP contribution < -0.4 is 0 Å². The van der Waals surface area contributed by atoms with Crippen molar-refractivity contribution in [3.63, 3.8) is 0 Å². The third kappa shape index (κ3) is 5.10. The Morgan fingerprint density at radius 2 is 0.786 bits per heavy atom. The number of hydrogen-bond acceptors (Lipinski definition) is 0. The van der Waals surface area contributed by atoms with E-state index in [-0.39, 0.29) is 10.8 Å². The van der Waals surface area contributed by atoms with Gasteiger partial charge in [0.05, 0.1) is 0 Å². The highest BCUT2D eigenvalue weighted by Gasteiger charge is 2.20.